The Morgan fingerprint density at radius 3 is 2.77 bits per heavy atom. The maximum absolute atomic E-state index is 12.9. The molecule has 1 saturated heterocycles. The third-order valence-corrected chi connectivity index (χ3v) is 6.24. The van der Waals surface area contributed by atoms with Gasteiger partial charge in [0, 0.05) is 5.56 Å². The largest absolute Gasteiger partial charge is 0.496 e. The molecule has 1 aliphatic heterocycles. The van der Waals surface area contributed by atoms with Crippen LogP contribution in [0.2, 0.25) is 0 Å². The Morgan fingerprint density at radius 1 is 1.19 bits per heavy atom. The van der Waals surface area contributed by atoms with Crippen molar-refractivity contribution in [2.75, 3.05) is 39.2 Å². The number of piperidine rings is 1. The van der Waals surface area contributed by atoms with Gasteiger partial charge in [0.15, 0.2) is 0 Å². The summed E-state index contributed by atoms with van der Waals surface area (Å²) in [7, 11) is 3.71. The van der Waals surface area contributed by atoms with Crippen LogP contribution in [0.15, 0.2) is 47.2 Å². The first kappa shape index (κ1) is 21.5. The van der Waals surface area contributed by atoms with Crippen molar-refractivity contribution < 1.29 is 14.3 Å². The summed E-state index contributed by atoms with van der Waals surface area (Å²) in [5, 5.41) is 3.61. The van der Waals surface area contributed by atoms with Crippen molar-refractivity contribution >= 4 is 38.6 Å². The number of fused-ring (bicyclic) bond motifs is 1. The van der Waals surface area contributed by atoms with Gasteiger partial charge in [-0.1, -0.05) is 6.07 Å². The number of amides is 1. The molecule has 0 spiro atoms. The van der Waals surface area contributed by atoms with E-state index in [9.17, 15) is 4.79 Å². The number of carbonyl (C=O) groups is 1. The lowest BCUT2D eigenvalue weighted by Crippen LogP contribution is -2.32. The lowest BCUT2D eigenvalue weighted by molar-refractivity contribution is 0.102. The van der Waals surface area contributed by atoms with Crippen molar-refractivity contribution in [1.82, 2.24) is 14.9 Å². The van der Waals surface area contributed by atoms with E-state index in [2.05, 4.69) is 43.2 Å². The van der Waals surface area contributed by atoms with Crippen LogP contribution in [-0.4, -0.2) is 54.6 Å². The molecule has 1 aromatic heterocycles. The van der Waals surface area contributed by atoms with E-state index in [1.165, 1.54) is 6.33 Å². The third-order valence-electron chi connectivity index (χ3n) is 5.58. The number of ether oxygens (including phenoxy) is 2. The first-order valence-corrected chi connectivity index (χ1v) is 11.0. The Labute approximate surface area is 189 Å². The second kappa shape index (κ2) is 9.62. The summed E-state index contributed by atoms with van der Waals surface area (Å²) in [5.74, 6) is 1.93. The predicted molar refractivity (Wildman–Crippen MR) is 124 cm³/mol. The monoisotopic (exact) mass is 484 g/mol. The summed E-state index contributed by atoms with van der Waals surface area (Å²) < 4.78 is 12.3. The number of rotatable bonds is 6. The number of hydrogen-bond acceptors (Lipinski definition) is 6. The Morgan fingerprint density at radius 2 is 2.00 bits per heavy atom. The highest BCUT2D eigenvalue weighted by Crippen LogP contribution is 2.31. The fourth-order valence-electron chi connectivity index (χ4n) is 3.71. The van der Waals surface area contributed by atoms with Gasteiger partial charge in [0.05, 0.1) is 29.1 Å². The maximum Gasteiger partial charge on any atom is 0.256 e. The van der Waals surface area contributed by atoms with Crippen LogP contribution in [0.5, 0.6) is 11.5 Å². The van der Waals surface area contributed by atoms with E-state index in [1.807, 2.05) is 18.2 Å². The quantitative estimate of drug-likeness (QED) is 0.559. The zero-order valence-corrected chi connectivity index (χ0v) is 19.2. The molecule has 8 heteroatoms. The number of nitrogens with one attached hydrogen (secondary N) is 1. The number of carbonyl (C=O) groups excluding carboxylic acids is 1. The fourth-order valence-corrected chi connectivity index (χ4v) is 4.12. The normalized spacial score (nSPS) is 15.1. The average molecular weight is 485 g/mol. The number of likely N-dealkylation sites (tertiary alicyclic amines) is 1. The van der Waals surface area contributed by atoms with Gasteiger partial charge in [-0.2, -0.15) is 0 Å². The summed E-state index contributed by atoms with van der Waals surface area (Å²) in [4.78, 5) is 23.9. The number of anilines is 1. The molecule has 1 N–H and O–H groups in total. The maximum atomic E-state index is 12.9. The Kier molecular flexibility index (Phi) is 6.67. The van der Waals surface area contributed by atoms with E-state index in [4.69, 9.17) is 9.47 Å². The molecule has 1 fully saturated rings. The van der Waals surface area contributed by atoms with Crippen LogP contribution < -0.4 is 14.8 Å². The number of halogens is 1. The Bertz CT molecular complexity index is 1080. The summed E-state index contributed by atoms with van der Waals surface area (Å²) in [6.45, 7) is 2.81. The summed E-state index contributed by atoms with van der Waals surface area (Å²) in [5.41, 5.74) is 1.19. The van der Waals surface area contributed by atoms with Crippen LogP contribution in [0.1, 0.15) is 23.2 Å². The minimum atomic E-state index is -0.282. The molecule has 3 aromatic rings. The highest BCUT2D eigenvalue weighted by atomic mass is 79.9. The molecule has 0 saturated carbocycles. The van der Waals surface area contributed by atoms with Crippen LogP contribution in [0.3, 0.4) is 0 Å². The summed E-state index contributed by atoms with van der Waals surface area (Å²) in [6.07, 6.45) is 3.68. The van der Waals surface area contributed by atoms with Gasteiger partial charge in [-0.15, -0.1) is 0 Å². The number of hydrogen-bond donors (Lipinski definition) is 1. The van der Waals surface area contributed by atoms with Crippen LogP contribution in [0.25, 0.3) is 10.9 Å². The number of benzene rings is 2. The third kappa shape index (κ3) is 4.97. The van der Waals surface area contributed by atoms with Crippen molar-refractivity contribution in [1.29, 1.82) is 0 Å². The SMILES string of the molecule is COc1cc(C(=O)Nc2ncnc3cccc(OCC4CCN(C)CC4)c23)ccc1Br. The van der Waals surface area contributed by atoms with E-state index in [0.717, 1.165) is 35.9 Å². The second-order valence-corrected chi connectivity index (χ2v) is 8.59. The summed E-state index contributed by atoms with van der Waals surface area (Å²) in [6, 6.07) is 10.9. The van der Waals surface area contributed by atoms with Crippen molar-refractivity contribution in [3.63, 3.8) is 0 Å². The van der Waals surface area contributed by atoms with Crippen molar-refractivity contribution in [2.45, 2.75) is 12.8 Å². The molecule has 4 rings (SSSR count). The van der Waals surface area contributed by atoms with Crippen molar-refractivity contribution in [3.8, 4) is 11.5 Å². The second-order valence-electron chi connectivity index (χ2n) is 7.73. The molecular formula is C23H25BrN4O3. The molecule has 1 amide bonds. The van der Waals surface area contributed by atoms with Gasteiger partial charge in [-0.05, 0) is 85.2 Å². The predicted octanol–water partition coefficient (Wildman–Crippen LogP) is 4.37. The lowest BCUT2D eigenvalue weighted by atomic mass is 9.98. The standard InChI is InChI=1S/C23H25BrN4O3/c1-28-10-8-15(9-11-28)13-31-19-5-3-4-18-21(19)22(26-14-25-18)27-23(29)16-6-7-17(24)20(12-16)30-2/h3-7,12,14-15H,8-11,13H2,1-2H3,(H,25,26,27,29). The molecule has 0 atom stereocenters. The van der Waals surface area contributed by atoms with Gasteiger partial charge < -0.3 is 19.7 Å². The number of nitrogens with zero attached hydrogens (tertiary/aromatic N) is 3. The van der Waals surface area contributed by atoms with Gasteiger partial charge in [-0.25, -0.2) is 9.97 Å². The molecule has 7 nitrogen and oxygen atoms in total. The number of aromatic nitrogens is 2. The molecule has 162 valence electrons. The minimum absolute atomic E-state index is 0.282. The van der Waals surface area contributed by atoms with E-state index in [-0.39, 0.29) is 5.91 Å². The molecule has 0 bridgehead atoms. The topological polar surface area (TPSA) is 76.6 Å². The molecule has 0 unspecified atom stereocenters. The van der Waals surface area contributed by atoms with Gasteiger partial charge in [0.25, 0.3) is 5.91 Å². The van der Waals surface area contributed by atoms with Gasteiger partial charge in [0.1, 0.15) is 23.6 Å². The van der Waals surface area contributed by atoms with Gasteiger partial charge in [0.2, 0.25) is 0 Å². The fraction of sp³-hybridized carbons (Fsp3) is 0.348. The molecule has 2 heterocycles. The Balaban J connectivity index is 1.57. The van der Waals surface area contributed by atoms with Crippen LogP contribution in [0, 0.1) is 5.92 Å². The minimum Gasteiger partial charge on any atom is -0.496 e. The van der Waals surface area contributed by atoms with E-state index >= 15 is 0 Å². The zero-order chi connectivity index (χ0) is 21.8. The van der Waals surface area contributed by atoms with Crippen molar-refractivity contribution in [3.05, 3.63) is 52.8 Å². The first-order valence-electron chi connectivity index (χ1n) is 10.2. The van der Waals surface area contributed by atoms with Gasteiger partial charge >= 0.3 is 0 Å². The first-order chi connectivity index (χ1) is 15.0. The average Bonchev–Trinajstić information content (AvgIpc) is 2.79. The zero-order valence-electron chi connectivity index (χ0n) is 17.6. The smallest absolute Gasteiger partial charge is 0.256 e. The van der Waals surface area contributed by atoms with Crippen LogP contribution in [-0.2, 0) is 0 Å². The molecule has 31 heavy (non-hydrogen) atoms. The molecule has 2 aromatic carbocycles. The lowest BCUT2D eigenvalue weighted by Gasteiger charge is -2.28. The summed E-state index contributed by atoms with van der Waals surface area (Å²) >= 11 is 3.41. The molecule has 1 aliphatic rings. The van der Waals surface area contributed by atoms with Crippen molar-refractivity contribution in [2.24, 2.45) is 5.92 Å². The molecule has 0 aliphatic carbocycles. The van der Waals surface area contributed by atoms with Crippen LogP contribution >= 0.6 is 15.9 Å². The van der Waals surface area contributed by atoms with Crippen LogP contribution in [0.4, 0.5) is 5.82 Å². The molecular weight excluding hydrogens is 460 g/mol. The highest BCUT2D eigenvalue weighted by Gasteiger charge is 2.19. The molecule has 0 radical (unpaired) electrons. The number of methoxy groups -OCH3 is 1. The Hall–Kier alpha value is -2.71. The van der Waals surface area contributed by atoms with E-state index in [0.29, 0.717) is 40.8 Å². The van der Waals surface area contributed by atoms with Gasteiger partial charge in [-0.3, -0.25) is 4.79 Å². The highest BCUT2D eigenvalue weighted by molar-refractivity contribution is 9.10. The van der Waals surface area contributed by atoms with E-state index in [1.54, 1.807) is 25.3 Å². The van der Waals surface area contributed by atoms with E-state index < -0.39 is 0 Å².